The first-order valence-electron chi connectivity index (χ1n) is 8.60. The fourth-order valence-electron chi connectivity index (χ4n) is 3.41. The second-order valence-electron chi connectivity index (χ2n) is 6.49. The van der Waals surface area contributed by atoms with E-state index in [1.807, 2.05) is 6.20 Å². The van der Waals surface area contributed by atoms with Gasteiger partial charge >= 0.3 is 0 Å². The van der Waals surface area contributed by atoms with Gasteiger partial charge in [0.1, 0.15) is 5.82 Å². The molecule has 1 aliphatic rings. The molecule has 0 saturated carbocycles. The molecule has 0 aliphatic carbocycles. The Hall–Kier alpha value is -2.51. The molecular weight excluding hydrogens is 316 g/mol. The maximum absolute atomic E-state index is 5.53. The molecule has 1 fully saturated rings. The first-order valence-corrected chi connectivity index (χ1v) is 8.60. The number of aromatic nitrogens is 4. The summed E-state index contributed by atoms with van der Waals surface area (Å²) in [5.74, 6) is 2.15. The number of aryl methyl sites for hydroxylation is 1. The van der Waals surface area contributed by atoms with Gasteiger partial charge in [-0.05, 0) is 37.9 Å². The zero-order valence-corrected chi connectivity index (χ0v) is 14.3. The Morgan fingerprint density at radius 1 is 1.40 bits per heavy atom. The van der Waals surface area contributed by atoms with E-state index in [9.17, 15) is 0 Å². The number of aromatic amines is 1. The number of rotatable bonds is 5. The molecular formula is C18H22N6O. The molecule has 4 rings (SSSR count). The Morgan fingerprint density at radius 3 is 3.12 bits per heavy atom. The van der Waals surface area contributed by atoms with E-state index >= 15 is 0 Å². The highest BCUT2D eigenvalue weighted by molar-refractivity contribution is 5.59. The van der Waals surface area contributed by atoms with E-state index in [2.05, 4.69) is 56.2 Å². The van der Waals surface area contributed by atoms with Crippen molar-refractivity contribution < 1.29 is 4.52 Å². The molecule has 7 heteroatoms. The van der Waals surface area contributed by atoms with Gasteiger partial charge in [-0.3, -0.25) is 4.90 Å². The maximum atomic E-state index is 5.53. The lowest BCUT2D eigenvalue weighted by Gasteiger charge is -2.20. The van der Waals surface area contributed by atoms with Crippen LogP contribution in [0.25, 0.3) is 11.3 Å². The monoisotopic (exact) mass is 338 g/mol. The lowest BCUT2D eigenvalue weighted by Crippen LogP contribution is -2.24. The second-order valence-corrected chi connectivity index (χ2v) is 6.49. The lowest BCUT2D eigenvalue weighted by molar-refractivity contribution is 0.231. The van der Waals surface area contributed by atoms with Crippen molar-refractivity contribution in [2.45, 2.75) is 38.9 Å². The highest BCUT2D eigenvalue weighted by Crippen LogP contribution is 2.32. The summed E-state index contributed by atoms with van der Waals surface area (Å²) in [7, 11) is 0. The highest BCUT2D eigenvalue weighted by Gasteiger charge is 2.29. The van der Waals surface area contributed by atoms with Crippen LogP contribution in [0.3, 0.4) is 0 Å². The fourth-order valence-corrected chi connectivity index (χ4v) is 3.41. The summed E-state index contributed by atoms with van der Waals surface area (Å²) in [5.41, 5.74) is 8.99. The molecule has 7 nitrogen and oxygen atoms in total. The van der Waals surface area contributed by atoms with Crippen molar-refractivity contribution in [3.05, 3.63) is 53.6 Å². The van der Waals surface area contributed by atoms with Crippen LogP contribution in [0, 0.1) is 6.92 Å². The third-order valence-corrected chi connectivity index (χ3v) is 4.63. The van der Waals surface area contributed by atoms with Crippen LogP contribution in [-0.2, 0) is 13.1 Å². The number of nitrogens with two attached hydrogens (primary N) is 1. The van der Waals surface area contributed by atoms with Gasteiger partial charge in [0.2, 0.25) is 5.89 Å². The van der Waals surface area contributed by atoms with Crippen molar-refractivity contribution in [3.8, 4) is 11.3 Å². The van der Waals surface area contributed by atoms with E-state index in [1.165, 1.54) is 5.56 Å². The van der Waals surface area contributed by atoms with Gasteiger partial charge in [0.05, 0.1) is 31.0 Å². The van der Waals surface area contributed by atoms with Crippen molar-refractivity contribution >= 4 is 0 Å². The Morgan fingerprint density at radius 2 is 2.32 bits per heavy atom. The molecule has 3 N–H and O–H groups in total. The third-order valence-electron chi connectivity index (χ3n) is 4.63. The molecule has 25 heavy (non-hydrogen) atoms. The van der Waals surface area contributed by atoms with E-state index in [0.29, 0.717) is 18.3 Å². The first kappa shape index (κ1) is 16.0. The summed E-state index contributed by atoms with van der Waals surface area (Å²) in [6.45, 7) is 4.01. The number of hydrogen-bond donors (Lipinski definition) is 2. The van der Waals surface area contributed by atoms with Crippen LogP contribution in [0.1, 0.15) is 42.0 Å². The Labute approximate surface area is 146 Å². The molecule has 2 aromatic heterocycles. The van der Waals surface area contributed by atoms with E-state index in [4.69, 9.17) is 10.3 Å². The number of benzene rings is 1. The Kier molecular flexibility index (Phi) is 4.33. The van der Waals surface area contributed by atoms with E-state index in [0.717, 1.165) is 36.5 Å². The molecule has 0 amide bonds. The number of hydrogen-bond acceptors (Lipinski definition) is 6. The Balaban J connectivity index is 1.52. The predicted octanol–water partition coefficient (Wildman–Crippen LogP) is 2.56. The SMILES string of the molecule is Cc1cccc(-c2cnc(C3CCCN3Cc3noc(CN)n3)[nH]2)c1. The first-order chi connectivity index (χ1) is 12.2. The number of nitrogens with zero attached hydrogens (tertiary/aromatic N) is 4. The van der Waals surface area contributed by atoms with E-state index < -0.39 is 0 Å². The summed E-state index contributed by atoms with van der Waals surface area (Å²) in [4.78, 5) is 14.8. The standard InChI is InChI=1S/C18H22N6O/c1-12-4-2-5-13(8-12)14-10-20-18(21-14)15-6-3-7-24(15)11-16-22-17(9-19)25-23-16/h2,4-5,8,10,15H,3,6-7,9,11,19H2,1H3,(H,20,21). The third kappa shape index (κ3) is 3.33. The maximum Gasteiger partial charge on any atom is 0.240 e. The molecule has 1 unspecified atom stereocenters. The van der Waals surface area contributed by atoms with Crippen molar-refractivity contribution in [2.24, 2.45) is 5.73 Å². The molecule has 0 radical (unpaired) electrons. The molecule has 3 aromatic rings. The van der Waals surface area contributed by atoms with Crippen LogP contribution in [0.2, 0.25) is 0 Å². The van der Waals surface area contributed by atoms with Crippen molar-refractivity contribution in [2.75, 3.05) is 6.54 Å². The zero-order chi connectivity index (χ0) is 17.2. The summed E-state index contributed by atoms with van der Waals surface area (Å²) in [5, 5.41) is 4.00. The van der Waals surface area contributed by atoms with Gasteiger partial charge in [-0.15, -0.1) is 0 Å². The topological polar surface area (TPSA) is 96.9 Å². The number of H-pyrrole nitrogens is 1. The van der Waals surface area contributed by atoms with Crippen molar-refractivity contribution in [1.29, 1.82) is 0 Å². The van der Waals surface area contributed by atoms with Crippen LogP contribution in [-0.4, -0.2) is 31.6 Å². The minimum absolute atomic E-state index is 0.249. The van der Waals surface area contributed by atoms with Gasteiger partial charge in [0, 0.05) is 0 Å². The fraction of sp³-hybridized carbons (Fsp3) is 0.389. The van der Waals surface area contributed by atoms with E-state index in [1.54, 1.807) is 0 Å². The average Bonchev–Trinajstić information content (AvgIpc) is 3.35. The van der Waals surface area contributed by atoms with Gasteiger partial charge in [-0.25, -0.2) is 4.98 Å². The lowest BCUT2D eigenvalue weighted by atomic mass is 10.1. The Bertz CT molecular complexity index is 855. The summed E-state index contributed by atoms with van der Waals surface area (Å²) >= 11 is 0. The molecule has 1 aromatic carbocycles. The summed E-state index contributed by atoms with van der Waals surface area (Å²) < 4.78 is 5.10. The zero-order valence-electron chi connectivity index (χ0n) is 14.3. The number of likely N-dealkylation sites (tertiary alicyclic amines) is 1. The molecule has 0 bridgehead atoms. The quantitative estimate of drug-likeness (QED) is 0.742. The van der Waals surface area contributed by atoms with E-state index in [-0.39, 0.29) is 12.6 Å². The van der Waals surface area contributed by atoms with Gasteiger partial charge in [-0.2, -0.15) is 4.98 Å². The van der Waals surface area contributed by atoms with Crippen LogP contribution < -0.4 is 5.73 Å². The van der Waals surface area contributed by atoms with Gasteiger partial charge in [-0.1, -0.05) is 28.9 Å². The largest absolute Gasteiger partial charge is 0.341 e. The van der Waals surface area contributed by atoms with Gasteiger partial charge < -0.3 is 15.2 Å². The molecule has 1 atom stereocenters. The van der Waals surface area contributed by atoms with Gasteiger partial charge in [0.25, 0.3) is 0 Å². The minimum atomic E-state index is 0.249. The number of imidazole rings is 1. The molecule has 3 heterocycles. The average molecular weight is 338 g/mol. The van der Waals surface area contributed by atoms with Crippen LogP contribution in [0.4, 0.5) is 0 Å². The van der Waals surface area contributed by atoms with Gasteiger partial charge in [0.15, 0.2) is 5.82 Å². The van der Waals surface area contributed by atoms with Crippen LogP contribution in [0.5, 0.6) is 0 Å². The molecule has 1 saturated heterocycles. The molecule has 130 valence electrons. The molecule has 0 spiro atoms. The van der Waals surface area contributed by atoms with Crippen molar-refractivity contribution in [1.82, 2.24) is 25.0 Å². The predicted molar refractivity (Wildman–Crippen MR) is 93.3 cm³/mol. The molecule has 1 aliphatic heterocycles. The van der Waals surface area contributed by atoms with Crippen molar-refractivity contribution in [3.63, 3.8) is 0 Å². The minimum Gasteiger partial charge on any atom is -0.341 e. The van der Waals surface area contributed by atoms with Crippen LogP contribution in [0.15, 0.2) is 35.0 Å². The summed E-state index contributed by atoms with van der Waals surface area (Å²) in [6, 6.07) is 8.68. The summed E-state index contributed by atoms with van der Waals surface area (Å²) in [6.07, 6.45) is 4.12. The normalized spacial score (nSPS) is 18.1. The smallest absolute Gasteiger partial charge is 0.240 e. The number of nitrogens with one attached hydrogen (secondary N) is 1. The second kappa shape index (κ2) is 6.78. The van der Waals surface area contributed by atoms with Crippen LogP contribution >= 0.6 is 0 Å². The highest BCUT2D eigenvalue weighted by atomic mass is 16.5.